The van der Waals surface area contributed by atoms with E-state index in [-0.39, 0.29) is 37.2 Å². The van der Waals surface area contributed by atoms with Gasteiger partial charge in [0.1, 0.15) is 0 Å². The monoisotopic (exact) mass is 330 g/mol. The molecule has 0 unspecified atom stereocenters. The number of hydrogen-bond donors (Lipinski definition) is 2. The maximum absolute atomic E-state index is 8.32. The fraction of sp³-hybridized carbons (Fsp3) is 1.00. The second-order valence-electron chi connectivity index (χ2n) is 4.52. The van der Waals surface area contributed by atoms with Crippen molar-refractivity contribution in [3.8, 4) is 0 Å². The van der Waals surface area contributed by atoms with Gasteiger partial charge in [0, 0.05) is 39.4 Å². The molecule has 5 heteroatoms. The Bertz CT molecular complexity index is 88.5. The zero-order valence-corrected chi connectivity index (χ0v) is 14.2. The molecule has 0 spiro atoms. The molecule has 0 radical (unpaired) electrons. The summed E-state index contributed by atoms with van der Waals surface area (Å²) in [7, 11) is 0. The minimum atomic E-state index is 0. The van der Waals surface area contributed by atoms with Crippen LogP contribution in [-0.4, -0.2) is 34.4 Å². The van der Waals surface area contributed by atoms with Crippen LogP contribution < -0.4 is 0 Å². The van der Waals surface area contributed by atoms with Crippen LogP contribution in [0.5, 0.6) is 0 Å². The molecule has 0 bridgehead atoms. The van der Waals surface area contributed by atoms with Crippen molar-refractivity contribution < 1.29 is 47.4 Å². The van der Waals surface area contributed by atoms with Gasteiger partial charge in [0.05, 0.1) is 0 Å². The van der Waals surface area contributed by atoms with Crippen molar-refractivity contribution in [2.75, 3.05) is 13.2 Å². The zero-order chi connectivity index (χ0) is 11.4. The van der Waals surface area contributed by atoms with E-state index in [1.807, 2.05) is 0 Å². The number of rotatable bonds is 6. The van der Waals surface area contributed by atoms with Crippen LogP contribution in [-0.2, 0) is 26.2 Å². The van der Waals surface area contributed by atoms with E-state index < -0.39 is 0 Å². The van der Waals surface area contributed by atoms with E-state index in [2.05, 4.69) is 27.7 Å². The van der Waals surface area contributed by atoms with Gasteiger partial charge >= 0.3 is 0 Å². The molecule has 0 heterocycles. The van der Waals surface area contributed by atoms with E-state index in [0.29, 0.717) is 13.2 Å². The molecule has 0 saturated carbocycles. The second-order valence-corrected chi connectivity index (χ2v) is 4.52. The Kier molecular flexibility index (Phi) is 46.0. The van der Waals surface area contributed by atoms with Gasteiger partial charge in [-0.05, 0) is 37.5 Å². The molecular formula is C12H32O4Zr. The van der Waals surface area contributed by atoms with Gasteiger partial charge in [0.2, 0.25) is 0 Å². The van der Waals surface area contributed by atoms with Gasteiger partial charge < -0.3 is 21.2 Å². The van der Waals surface area contributed by atoms with Crippen LogP contribution in [0.4, 0.5) is 0 Å². The van der Waals surface area contributed by atoms with Crippen LogP contribution in [0, 0.1) is 11.8 Å². The van der Waals surface area contributed by atoms with Crippen LogP contribution in [0.2, 0.25) is 0 Å². The van der Waals surface area contributed by atoms with E-state index >= 15 is 0 Å². The third-order valence-corrected chi connectivity index (χ3v) is 1.88. The molecule has 0 amide bonds. The SMILES string of the molecule is CC(C)CCCO.CC(C)CCCO.O.O.[Zr]. The topological polar surface area (TPSA) is 103 Å². The molecular weight excluding hydrogens is 299 g/mol. The zero-order valence-electron chi connectivity index (χ0n) is 11.8. The van der Waals surface area contributed by atoms with Crippen LogP contribution >= 0.6 is 0 Å². The molecule has 0 fully saturated rings. The van der Waals surface area contributed by atoms with Crippen LogP contribution in [0.1, 0.15) is 53.4 Å². The molecule has 0 aliphatic carbocycles. The van der Waals surface area contributed by atoms with Gasteiger partial charge in [-0.15, -0.1) is 0 Å². The quantitative estimate of drug-likeness (QED) is 0.763. The largest absolute Gasteiger partial charge is 0.412 e. The van der Waals surface area contributed by atoms with E-state index in [1.54, 1.807) is 0 Å². The molecule has 0 aromatic heterocycles. The molecule has 0 aromatic rings. The summed E-state index contributed by atoms with van der Waals surface area (Å²) in [6, 6.07) is 0. The van der Waals surface area contributed by atoms with Crippen molar-refractivity contribution >= 4 is 0 Å². The molecule has 0 aliphatic heterocycles. The first-order valence-corrected chi connectivity index (χ1v) is 5.76. The van der Waals surface area contributed by atoms with Crippen molar-refractivity contribution in [1.82, 2.24) is 0 Å². The predicted molar refractivity (Wildman–Crippen MR) is 69.5 cm³/mol. The minimum Gasteiger partial charge on any atom is -0.412 e. The summed E-state index contributed by atoms with van der Waals surface area (Å²) < 4.78 is 0. The number of aliphatic hydroxyl groups is 2. The number of hydrogen-bond acceptors (Lipinski definition) is 2. The molecule has 4 nitrogen and oxygen atoms in total. The van der Waals surface area contributed by atoms with Crippen molar-refractivity contribution in [2.45, 2.75) is 53.4 Å². The van der Waals surface area contributed by atoms with Gasteiger partial charge in [-0.2, -0.15) is 0 Å². The molecule has 0 aromatic carbocycles. The van der Waals surface area contributed by atoms with Crippen LogP contribution in [0.25, 0.3) is 0 Å². The van der Waals surface area contributed by atoms with Crippen LogP contribution in [0.3, 0.4) is 0 Å². The smallest absolute Gasteiger partial charge is 0.0431 e. The molecule has 0 saturated heterocycles. The van der Waals surface area contributed by atoms with E-state index in [9.17, 15) is 0 Å². The fourth-order valence-corrected chi connectivity index (χ4v) is 0.999. The average Bonchev–Trinajstić information content (AvgIpc) is 2.12. The Labute approximate surface area is 126 Å². The third kappa shape index (κ3) is 47.6. The first-order valence-electron chi connectivity index (χ1n) is 5.76. The Morgan fingerprint density at radius 1 is 0.706 bits per heavy atom. The van der Waals surface area contributed by atoms with Gasteiger partial charge in [0.25, 0.3) is 0 Å². The Morgan fingerprint density at radius 2 is 0.941 bits per heavy atom. The van der Waals surface area contributed by atoms with Gasteiger partial charge in [-0.25, -0.2) is 0 Å². The second kappa shape index (κ2) is 25.5. The summed E-state index contributed by atoms with van der Waals surface area (Å²) in [5.74, 6) is 1.49. The molecule has 108 valence electrons. The Morgan fingerprint density at radius 3 is 1.00 bits per heavy atom. The Balaban J connectivity index is -0.0000000480. The first kappa shape index (κ1) is 30.6. The number of aliphatic hydroxyl groups excluding tert-OH is 2. The summed E-state index contributed by atoms with van der Waals surface area (Å²) in [6.07, 6.45) is 4.21. The Hall–Kier alpha value is 0.723. The molecule has 0 rings (SSSR count). The summed E-state index contributed by atoms with van der Waals surface area (Å²) in [5.41, 5.74) is 0. The first-order chi connectivity index (χ1) is 6.54. The maximum Gasteiger partial charge on any atom is 0.0431 e. The van der Waals surface area contributed by atoms with Gasteiger partial charge in [0.15, 0.2) is 0 Å². The molecule has 0 aliphatic rings. The standard InChI is InChI=1S/2C6H14O.2H2O.Zr/c2*1-6(2)4-3-5-7;;;/h2*6-7H,3-5H2,1-2H3;2*1H2;. The molecule has 17 heavy (non-hydrogen) atoms. The summed E-state index contributed by atoms with van der Waals surface area (Å²) >= 11 is 0. The summed E-state index contributed by atoms with van der Waals surface area (Å²) in [4.78, 5) is 0. The normalized spacial score (nSPS) is 8.47. The van der Waals surface area contributed by atoms with E-state index in [1.165, 1.54) is 0 Å². The average molecular weight is 332 g/mol. The van der Waals surface area contributed by atoms with Crippen LogP contribution in [0.15, 0.2) is 0 Å². The third-order valence-electron chi connectivity index (χ3n) is 1.88. The van der Waals surface area contributed by atoms with E-state index in [4.69, 9.17) is 10.2 Å². The van der Waals surface area contributed by atoms with Gasteiger partial charge in [-0.1, -0.05) is 27.7 Å². The van der Waals surface area contributed by atoms with Gasteiger partial charge in [-0.3, -0.25) is 0 Å². The van der Waals surface area contributed by atoms with Crippen molar-refractivity contribution in [3.63, 3.8) is 0 Å². The predicted octanol–water partition coefficient (Wildman–Crippen LogP) is 1.18. The molecule has 6 N–H and O–H groups in total. The van der Waals surface area contributed by atoms with E-state index in [0.717, 1.165) is 37.5 Å². The summed E-state index contributed by atoms with van der Waals surface area (Å²) in [5, 5.41) is 16.6. The maximum atomic E-state index is 8.32. The fourth-order valence-electron chi connectivity index (χ4n) is 0.999. The molecule has 0 atom stereocenters. The minimum absolute atomic E-state index is 0. The van der Waals surface area contributed by atoms with Crippen molar-refractivity contribution in [2.24, 2.45) is 11.8 Å². The van der Waals surface area contributed by atoms with Crippen molar-refractivity contribution in [3.05, 3.63) is 0 Å². The summed E-state index contributed by atoms with van der Waals surface area (Å²) in [6.45, 7) is 9.34. The van der Waals surface area contributed by atoms with Crippen molar-refractivity contribution in [1.29, 1.82) is 0 Å².